The fourth-order valence-corrected chi connectivity index (χ4v) is 2.68. The molecule has 0 radical (unpaired) electrons. The molecule has 19 heavy (non-hydrogen) atoms. The maximum Gasteiger partial charge on any atom is 0.126 e. The van der Waals surface area contributed by atoms with Crippen molar-refractivity contribution in [2.75, 3.05) is 5.75 Å². The van der Waals surface area contributed by atoms with Crippen LogP contribution in [0.2, 0.25) is 0 Å². The zero-order valence-electron chi connectivity index (χ0n) is 10.4. The maximum absolute atomic E-state index is 13.0. The molecule has 0 spiro atoms. The quantitative estimate of drug-likeness (QED) is 0.846. The van der Waals surface area contributed by atoms with Crippen molar-refractivity contribution in [3.8, 4) is 0 Å². The molecule has 0 aliphatic rings. The highest BCUT2D eigenvalue weighted by atomic mass is 32.2. The van der Waals surface area contributed by atoms with E-state index in [1.54, 1.807) is 11.8 Å². The third-order valence-electron chi connectivity index (χ3n) is 2.63. The Morgan fingerprint density at radius 3 is 2.26 bits per heavy atom. The Morgan fingerprint density at radius 1 is 1.00 bits per heavy atom. The molecule has 0 saturated carbocycles. The Kier molecular flexibility index (Phi) is 4.93. The van der Waals surface area contributed by atoms with Crippen LogP contribution < -0.4 is 5.73 Å². The lowest BCUT2D eigenvalue weighted by molar-refractivity contribution is 0.577. The van der Waals surface area contributed by atoms with Crippen LogP contribution in [0.4, 0.5) is 8.78 Å². The first-order chi connectivity index (χ1) is 9.13. The van der Waals surface area contributed by atoms with E-state index in [1.165, 1.54) is 12.1 Å². The van der Waals surface area contributed by atoms with Gasteiger partial charge in [-0.05, 0) is 36.2 Å². The lowest BCUT2D eigenvalue weighted by Gasteiger charge is -2.11. The minimum Gasteiger partial charge on any atom is -0.327 e. The second kappa shape index (κ2) is 6.68. The summed E-state index contributed by atoms with van der Waals surface area (Å²) in [4.78, 5) is 1.14. The first-order valence-electron chi connectivity index (χ1n) is 6.02. The molecule has 0 saturated heterocycles. The van der Waals surface area contributed by atoms with Crippen molar-refractivity contribution >= 4 is 11.8 Å². The van der Waals surface area contributed by atoms with Crippen molar-refractivity contribution < 1.29 is 8.78 Å². The van der Waals surface area contributed by atoms with Crippen molar-refractivity contribution in [3.63, 3.8) is 0 Å². The number of hydrogen-bond acceptors (Lipinski definition) is 2. The van der Waals surface area contributed by atoms with Crippen molar-refractivity contribution in [1.29, 1.82) is 0 Å². The Bertz CT molecular complexity index is 511. The van der Waals surface area contributed by atoms with Crippen LogP contribution in [0.5, 0.6) is 0 Å². The van der Waals surface area contributed by atoms with Gasteiger partial charge in [0.25, 0.3) is 0 Å². The van der Waals surface area contributed by atoms with Crippen molar-refractivity contribution in [2.24, 2.45) is 5.73 Å². The van der Waals surface area contributed by atoms with Gasteiger partial charge in [-0.1, -0.05) is 18.2 Å². The summed E-state index contributed by atoms with van der Waals surface area (Å²) in [6.45, 7) is 0. The van der Waals surface area contributed by atoms with Crippen molar-refractivity contribution in [2.45, 2.75) is 17.4 Å². The highest BCUT2D eigenvalue weighted by Crippen LogP contribution is 2.19. The fourth-order valence-electron chi connectivity index (χ4n) is 1.81. The first kappa shape index (κ1) is 14.0. The standard InChI is InChI=1S/C15H15F2NS/c16-12-6-11(7-13(17)9-12)8-14(18)10-19-15-4-2-1-3-5-15/h1-7,9,14H,8,10,18H2. The molecule has 0 aliphatic carbocycles. The van der Waals surface area contributed by atoms with Gasteiger partial charge >= 0.3 is 0 Å². The lowest BCUT2D eigenvalue weighted by Crippen LogP contribution is -2.25. The van der Waals surface area contributed by atoms with Gasteiger partial charge in [0.1, 0.15) is 11.6 Å². The second-order valence-electron chi connectivity index (χ2n) is 4.37. The summed E-state index contributed by atoms with van der Waals surface area (Å²) in [5, 5.41) is 0. The molecule has 1 atom stereocenters. The van der Waals surface area contributed by atoms with Gasteiger partial charge in [-0.15, -0.1) is 11.8 Å². The molecule has 0 amide bonds. The summed E-state index contributed by atoms with van der Waals surface area (Å²) < 4.78 is 26.1. The number of rotatable bonds is 5. The van der Waals surface area contributed by atoms with Crippen LogP contribution in [-0.2, 0) is 6.42 Å². The average molecular weight is 279 g/mol. The van der Waals surface area contributed by atoms with Gasteiger partial charge < -0.3 is 5.73 Å². The molecular formula is C15H15F2NS. The fraction of sp³-hybridized carbons (Fsp3) is 0.200. The summed E-state index contributed by atoms with van der Waals surface area (Å²) in [6.07, 6.45) is 0.467. The van der Waals surface area contributed by atoms with E-state index in [4.69, 9.17) is 5.73 Å². The van der Waals surface area contributed by atoms with Crippen LogP contribution in [0, 0.1) is 11.6 Å². The van der Waals surface area contributed by atoms with E-state index >= 15 is 0 Å². The minimum absolute atomic E-state index is 0.133. The highest BCUT2D eigenvalue weighted by Gasteiger charge is 2.07. The van der Waals surface area contributed by atoms with Crippen LogP contribution in [0.1, 0.15) is 5.56 Å². The van der Waals surface area contributed by atoms with Crippen LogP contribution in [-0.4, -0.2) is 11.8 Å². The van der Waals surface area contributed by atoms with E-state index < -0.39 is 11.6 Å². The molecule has 0 fully saturated rings. The maximum atomic E-state index is 13.0. The summed E-state index contributed by atoms with van der Waals surface area (Å²) >= 11 is 1.64. The molecule has 0 aromatic heterocycles. The minimum atomic E-state index is -0.557. The molecule has 0 heterocycles. The van der Waals surface area contributed by atoms with Crippen LogP contribution in [0.3, 0.4) is 0 Å². The Morgan fingerprint density at radius 2 is 1.63 bits per heavy atom. The zero-order valence-corrected chi connectivity index (χ0v) is 11.2. The molecule has 1 unspecified atom stereocenters. The van der Waals surface area contributed by atoms with Gasteiger partial charge in [0, 0.05) is 22.8 Å². The van der Waals surface area contributed by atoms with E-state index in [0.29, 0.717) is 17.7 Å². The van der Waals surface area contributed by atoms with Gasteiger partial charge in [0.2, 0.25) is 0 Å². The van der Waals surface area contributed by atoms with Crippen LogP contribution >= 0.6 is 11.8 Å². The monoisotopic (exact) mass is 279 g/mol. The van der Waals surface area contributed by atoms with E-state index in [-0.39, 0.29) is 6.04 Å². The predicted molar refractivity (Wildman–Crippen MR) is 75.2 cm³/mol. The van der Waals surface area contributed by atoms with Gasteiger partial charge in [-0.25, -0.2) is 8.78 Å². The Balaban J connectivity index is 1.89. The second-order valence-corrected chi connectivity index (χ2v) is 5.46. The summed E-state index contributed by atoms with van der Waals surface area (Å²) in [7, 11) is 0. The highest BCUT2D eigenvalue weighted by molar-refractivity contribution is 7.99. The molecule has 0 bridgehead atoms. The van der Waals surface area contributed by atoms with Gasteiger partial charge in [0.15, 0.2) is 0 Å². The predicted octanol–water partition coefficient (Wildman–Crippen LogP) is 3.63. The topological polar surface area (TPSA) is 26.0 Å². The third-order valence-corrected chi connectivity index (χ3v) is 3.83. The SMILES string of the molecule is NC(CSc1ccccc1)Cc1cc(F)cc(F)c1. The first-order valence-corrected chi connectivity index (χ1v) is 7.00. The van der Waals surface area contributed by atoms with Crippen LogP contribution in [0.25, 0.3) is 0 Å². The average Bonchev–Trinajstić information content (AvgIpc) is 2.36. The molecule has 2 rings (SSSR count). The molecule has 100 valence electrons. The van der Waals surface area contributed by atoms with E-state index in [2.05, 4.69) is 0 Å². The number of thioether (sulfide) groups is 1. The van der Waals surface area contributed by atoms with Crippen molar-refractivity contribution in [1.82, 2.24) is 0 Å². The lowest BCUT2D eigenvalue weighted by atomic mass is 10.1. The number of halogens is 2. The van der Waals surface area contributed by atoms with E-state index in [1.807, 2.05) is 30.3 Å². The van der Waals surface area contributed by atoms with Gasteiger partial charge in [-0.3, -0.25) is 0 Å². The normalized spacial score (nSPS) is 12.4. The van der Waals surface area contributed by atoms with Gasteiger partial charge in [0.05, 0.1) is 0 Å². The number of hydrogen-bond donors (Lipinski definition) is 1. The Hall–Kier alpha value is -1.39. The smallest absolute Gasteiger partial charge is 0.126 e. The molecule has 2 aromatic carbocycles. The molecule has 1 nitrogen and oxygen atoms in total. The van der Waals surface area contributed by atoms with E-state index in [0.717, 1.165) is 11.0 Å². The summed E-state index contributed by atoms with van der Waals surface area (Å²) in [5.41, 5.74) is 6.58. The zero-order chi connectivity index (χ0) is 13.7. The largest absolute Gasteiger partial charge is 0.327 e. The molecular weight excluding hydrogens is 264 g/mol. The summed E-state index contributed by atoms with van der Waals surface area (Å²) in [5.74, 6) is -0.405. The van der Waals surface area contributed by atoms with Crippen molar-refractivity contribution in [3.05, 3.63) is 65.7 Å². The molecule has 4 heteroatoms. The van der Waals surface area contributed by atoms with Gasteiger partial charge in [-0.2, -0.15) is 0 Å². The van der Waals surface area contributed by atoms with Crippen LogP contribution in [0.15, 0.2) is 53.4 Å². The molecule has 2 aromatic rings. The third kappa shape index (κ3) is 4.65. The Labute approximate surface area is 115 Å². The summed E-state index contributed by atoms with van der Waals surface area (Å²) in [6, 6.07) is 13.3. The molecule has 2 N–H and O–H groups in total. The molecule has 0 aliphatic heterocycles. The number of nitrogens with two attached hydrogens (primary N) is 1. The number of benzene rings is 2. The van der Waals surface area contributed by atoms with E-state index in [9.17, 15) is 8.78 Å².